The smallest absolute Gasteiger partial charge is 0.335 e. The molecule has 1 aromatic rings. The second kappa shape index (κ2) is 6.59. The molecule has 6 nitrogen and oxygen atoms in total. The molecule has 7 heteroatoms. The van der Waals surface area contributed by atoms with Crippen LogP contribution in [0.4, 0.5) is 0 Å². The van der Waals surface area contributed by atoms with E-state index in [1.807, 2.05) is 0 Å². The molecule has 1 unspecified atom stereocenters. The SMILES string of the molecule is O=C(O)c1cccc(CS(=O)(=O)N2CCC(OCC3CC3)C2)c1. The average molecular weight is 339 g/mol. The molecule has 1 aliphatic carbocycles. The van der Waals surface area contributed by atoms with Crippen LogP contribution in [0.3, 0.4) is 0 Å². The van der Waals surface area contributed by atoms with Gasteiger partial charge in [-0.3, -0.25) is 0 Å². The fourth-order valence-corrected chi connectivity index (χ4v) is 4.30. The Bertz CT molecular complexity index is 683. The molecule has 1 N–H and O–H groups in total. The summed E-state index contributed by atoms with van der Waals surface area (Å²) >= 11 is 0. The van der Waals surface area contributed by atoms with Gasteiger partial charge in [0.25, 0.3) is 0 Å². The van der Waals surface area contributed by atoms with E-state index in [4.69, 9.17) is 9.84 Å². The molecule has 1 aromatic carbocycles. The van der Waals surface area contributed by atoms with Crippen LogP contribution in [0.25, 0.3) is 0 Å². The first-order chi connectivity index (χ1) is 10.9. The van der Waals surface area contributed by atoms with Gasteiger partial charge in [-0.25, -0.2) is 13.2 Å². The first kappa shape index (κ1) is 16.4. The maximum Gasteiger partial charge on any atom is 0.335 e. The summed E-state index contributed by atoms with van der Waals surface area (Å²) < 4.78 is 32.2. The van der Waals surface area contributed by atoms with Gasteiger partial charge in [0.05, 0.1) is 17.4 Å². The van der Waals surface area contributed by atoms with Crippen LogP contribution in [0, 0.1) is 5.92 Å². The third-order valence-electron chi connectivity index (χ3n) is 4.29. The van der Waals surface area contributed by atoms with Gasteiger partial charge in [0.2, 0.25) is 10.0 Å². The molecule has 1 saturated heterocycles. The van der Waals surface area contributed by atoms with Gasteiger partial charge in [0, 0.05) is 19.7 Å². The Balaban J connectivity index is 1.60. The topological polar surface area (TPSA) is 83.9 Å². The second-order valence-corrected chi connectivity index (χ2v) is 8.28. The van der Waals surface area contributed by atoms with Gasteiger partial charge >= 0.3 is 5.97 Å². The molecule has 0 radical (unpaired) electrons. The van der Waals surface area contributed by atoms with Crippen molar-refractivity contribution in [1.29, 1.82) is 0 Å². The molecule has 0 bridgehead atoms. The van der Waals surface area contributed by atoms with Crippen LogP contribution in [0.2, 0.25) is 0 Å². The maximum atomic E-state index is 12.5. The van der Waals surface area contributed by atoms with Gasteiger partial charge in [0.1, 0.15) is 0 Å². The highest BCUT2D eigenvalue weighted by atomic mass is 32.2. The zero-order valence-electron chi connectivity index (χ0n) is 12.8. The molecular weight excluding hydrogens is 318 g/mol. The molecule has 126 valence electrons. The highest BCUT2D eigenvalue weighted by Crippen LogP contribution is 2.30. The number of carboxylic acids is 1. The fourth-order valence-electron chi connectivity index (χ4n) is 2.74. The van der Waals surface area contributed by atoms with E-state index in [1.54, 1.807) is 12.1 Å². The number of benzene rings is 1. The van der Waals surface area contributed by atoms with E-state index in [1.165, 1.54) is 29.3 Å². The molecule has 0 aromatic heterocycles. The number of carbonyl (C=O) groups is 1. The van der Waals surface area contributed by atoms with Crippen molar-refractivity contribution >= 4 is 16.0 Å². The van der Waals surface area contributed by atoms with Crippen LogP contribution in [0.5, 0.6) is 0 Å². The molecule has 1 saturated carbocycles. The molecule has 1 heterocycles. The number of hydrogen-bond donors (Lipinski definition) is 1. The zero-order valence-corrected chi connectivity index (χ0v) is 13.7. The normalized spacial score (nSPS) is 22.3. The van der Waals surface area contributed by atoms with Crippen LogP contribution in [-0.2, 0) is 20.5 Å². The van der Waals surface area contributed by atoms with Gasteiger partial charge in [-0.05, 0) is 42.9 Å². The van der Waals surface area contributed by atoms with Gasteiger partial charge in [0.15, 0.2) is 0 Å². The van der Waals surface area contributed by atoms with E-state index in [-0.39, 0.29) is 17.4 Å². The van der Waals surface area contributed by atoms with Crippen LogP contribution in [0.15, 0.2) is 24.3 Å². The third kappa shape index (κ3) is 4.31. The summed E-state index contributed by atoms with van der Waals surface area (Å²) in [5, 5.41) is 8.99. The lowest BCUT2D eigenvalue weighted by Crippen LogP contribution is -2.31. The van der Waals surface area contributed by atoms with Crippen molar-refractivity contribution in [1.82, 2.24) is 4.31 Å². The number of aromatic carboxylic acids is 1. The molecule has 0 amide bonds. The summed E-state index contributed by atoms with van der Waals surface area (Å²) in [6.07, 6.45) is 3.14. The van der Waals surface area contributed by atoms with E-state index in [0.717, 1.165) is 13.0 Å². The standard InChI is InChI=1S/C16H21NO5S/c18-16(19)14-3-1-2-13(8-14)11-23(20,21)17-7-6-15(9-17)22-10-12-4-5-12/h1-3,8,12,15H,4-7,9-11H2,(H,18,19). The molecular formula is C16H21NO5S. The molecule has 2 fully saturated rings. The van der Waals surface area contributed by atoms with Gasteiger partial charge < -0.3 is 9.84 Å². The van der Waals surface area contributed by atoms with Crippen LogP contribution >= 0.6 is 0 Å². The Morgan fingerprint density at radius 2 is 2.09 bits per heavy atom. The quantitative estimate of drug-likeness (QED) is 0.818. The molecule has 3 rings (SSSR count). The Morgan fingerprint density at radius 1 is 1.30 bits per heavy atom. The predicted octanol–water partition coefficient (Wildman–Crippen LogP) is 1.72. The van der Waals surface area contributed by atoms with Gasteiger partial charge in [-0.15, -0.1) is 0 Å². The number of nitrogens with zero attached hydrogens (tertiary/aromatic N) is 1. The summed E-state index contributed by atoms with van der Waals surface area (Å²) in [4.78, 5) is 11.0. The molecule has 2 aliphatic rings. The lowest BCUT2D eigenvalue weighted by Gasteiger charge is -2.17. The maximum absolute atomic E-state index is 12.5. The van der Waals surface area contributed by atoms with E-state index < -0.39 is 16.0 Å². The monoisotopic (exact) mass is 339 g/mol. The Morgan fingerprint density at radius 3 is 2.78 bits per heavy atom. The van der Waals surface area contributed by atoms with Crippen molar-refractivity contribution in [3.63, 3.8) is 0 Å². The minimum Gasteiger partial charge on any atom is -0.478 e. The van der Waals surface area contributed by atoms with Gasteiger partial charge in [-0.2, -0.15) is 4.31 Å². The van der Waals surface area contributed by atoms with Crippen LogP contribution in [-0.4, -0.2) is 49.6 Å². The minimum absolute atomic E-state index is 0.0178. The molecule has 23 heavy (non-hydrogen) atoms. The summed E-state index contributed by atoms with van der Waals surface area (Å²) in [6.45, 7) is 1.60. The van der Waals surface area contributed by atoms with E-state index >= 15 is 0 Å². The van der Waals surface area contributed by atoms with Crippen molar-refractivity contribution in [3.05, 3.63) is 35.4 Å². The summed E-state index contributed by atoms with van der Waals surface area (Å²) in [5.41, 5.74) is 0.594. The van der Waals surface area contributed by atoms with Crippen LogP contribution in [0.1, 0.15) is 35.2 Å². The Labute approximate surface area is 136 Å². The lowest BCUT2D eigenvalue weighted by molar-refractivity contribution is 0.0561. The summed E-state index contributed by atoms with van der Waals surface area (Å²) in [6, 6.07) is 6.08. The summed E-state index contributed by atoms with van der Waals surface area (Å²) in [5.74, 6) is -0.568. The number of sulfonamides is 1. The lowest BCUT2D eigenvalue weighted by atomic mass is 10.1. The molecule has 1 aliphatic heterocycles. The first-order valence-electron chi connectivity index (χ1n) is 7.86. The number of carboxylic acid groups (broad SMARTS) is 1. The second-order valence-electron chi connectivity index (χ2n) is 6.31. The van der Waals surface area contributed by atoms with Crippen LogP contribution < -0.4 is 0 Å². The van der Waals surface area contributed by atoms with Gasteiger partial charge in [-0.1, -0.05) is 12.1 Å². The van der Waals surface area contributed by atoms with Crippen molar-refractivity contribution in [3.8, 4) is 0 Å². The zero-order chi connectivity index (χ0) is 16.4. The summed E-state index contributed by atoms with van der Waals surface area (Å²) in [7, 11) is -3.45. The Hall–Kier alpha value is -1.44. The number of ether oxygens (including phenoxy) is 1. The minimum atomic E-state index is -3.45. The van der Waals surface area contributed by atoms with E-state index in [0.29, 0.717) is 24.6 Å². The highest BCUT2D eigenvalue weighted by molar-refractivity contribution is 7.88. The molecule has 1 atom stereocenters. The third-order valence-corrected chi connectivity index (χ3v) is 6.11. The van der Waals surface area contributed by atoms with E-state index in [9.17, 15) is 13.2 Å². The largest absolute Gasteiger partial charge is 0.478 e. The van der Waals surface area contributed by atoms with Crippen molar-refractivity contribution in [2.24, 2.45) is 5.92 Å². The highest BCUT2D eigenvalue weighted by Gasteiger charge is 2.33. The average Bonchev–Trinajstić information content (AvgIpc) is 3.20. The fraction of sp³-hybridized carbons (Fsp3) is 0.562. The molecule has 0 spiro atoms. The Kier molecular flexibility index (Phi) is 4.70. The van der Waals surface area contributed by atoms with E-state index in [2.05, 4.69) is 0 Å². The van der Waals surface area contributed by atoms with Crippen molar-refractivity contribution < 1.29 is 23.1 Å². The number of rotatable bonds is 7. The number of hydrogen-bond acceptors (Lipinski definition) is 4. The first-order valence-corrected chi connectivity index (χ1v) is 9.46. The predicted molar refractivity (Wildman–Crippen MR) is 84.7 cm³/mol. The van der Waals surface area contributed by atoms with Crippen molar-refractivity contribution in [2.45, 2.75) is 31.1 Å². The van der Waals surface area contributed by atoms with Crippen molar-refractivity contribution in [2.75, 3.05) is 19.7 Å².